The Labute approximate surface area is 190 Å². The number of amidine groups is 1. The zero-order valence-corrected chi connectivity index (χ0v) is 17.9. The van der Waals surface area contributed by atoms with E-state index in [9.17, 15) is 9.59 Å². The topological polar surface area (TPSA) is 97.7 Å². The number of para-hydroxylation sites is 2. The third-order valence-electron chi connectivity index (χ3n) is 4.76. The lowest BCUT2D eigenvalue weighted by Crippen LogP contribution is -2.31. The highest BCUT2D eigenvalue weighted by atomic mass is 32.2. The summed E-state index contributed by atoms with van der Waals surface area (Å²) < 4.78 is 0. The van der Waals surface area contributed by atoms with Gasteiger partial charge >= 0.3 is 0 Å². The summed E-state index contributed by atoms with van der Waals surface area (Å²) >= 11 is 1.00. The Morgan fingerprint density at radius 3 is 2.34 bits per heavy atom. The molecular formula is C24H21N5O2S. The van der Waals surface area contributed by atoms with Crippen LogP contribution in [0.25, 0.3) is 0 Å². The molecule has 1 heterocycles. The van der Waals surface area contributed by atoms with Gasteiger partial charge in [-0.05, 0) is 23.8 Å². The fourth-order valence-electron chi connectivity index (χ4n) is 3.29. The van der Waals surface area contributed by atoms with Crippen LogP contribution in [-0.4, -0.2) is 28.4 Å². The Hall–Kier alpha value is -3.91. The van der Waals surface area contributed by atoms with Crippen molar-refractivity contribution < 1.29 is 9.59 Å². The summed E-state index contributed by atoms with van der Waals surface area (Å²) in [6.07, 6.45) is 0. The van der Waals surface area contributed by atoms with Crippen molar-refractivity contribution in [3.63, 3.8) is 0 Å². The highest BCUT2D eigenvalue weighted by Gasteiger charge is 2.33. The number of rotatable bonds is 6. The first-order valence-corrected chi connectivity index (χ1v) is 11.0. The Morgan fingerprint density at radius 2 is 1.59 bits per heavy atom. The van der Waals surface area contributed by atoms with E-state index < -0.39 is 0 Å². The van der Waals surface area contributed by atoms with Crippen LogP contribution in [0.15, 0.2) is 90.0 Å². The molecule has 0 saturated heterocycles. The molecule has 0 radical (unpaired) electrons. The first-order valence-electron chi connectivity index (χ1n) is 9.97. The molecule has 32 heavy (non-hydrogen) atoms. The number of hydrogen-bond acceptors (Lipinski definition) is 5. The summed E-state index contributed by atoms with van der Waals surface area (Å²) in [6, 6.07) is 26.3. The first kappa shape index (κ1) is 21.3. The smallest absolute Gasteiger partial charge is 0.279 e. The molecule has 4 rings (SSSR count). The van der Waals surface area contributed by atoms with Crippen molar-refractivity contribution >= 4 is 45.8 Å². The molecular weight excluding hydrogens is 422 g/mol. The highest BCUT2D eigenvalue weighted by molar-refractivity contribution is 8.14. The van der Waals surface area contributed by atoms with E-state index in [0.29, 0.717) is 17.8 Å². The lowest BCUT2D eigenvalue weighted by molar-refractivity contribution is -0.114. The van der Waals surface area contributed by atoms with Crippen molar-refractivity contribution in [3.8, 4) is 0 Å². The summed E-state index contributed by atoms with van der Waals surface area (Å²) in [5, 5.41) is 15.0. The van der Waals surface area contributed by atoms with Gasteiger partial charge in [0.1, 0.15) is 0 Å². The lowest BCUT2D eigenvalue weighted by Gasteiger charge is -2.16. The van der Waals surface area contributed by atoms with E-state index in [0.717, 1.165) is 23.0 Å². The van der Waals surface area contributed by atoms with E-state index in [-0.39, 0.29) is 28.4 Å². The molecule has 0 saturated carbocycles. The maximum Gasteiger partial charge on any atom is 0.279 e. The van der Waals surface area contributed by atoms with Crippen molar-refractivity contribution in [1.82, 2.24) is 5.43 Å². The van der Waals surface area contributed by atoms with Gasteiger partial charge in [-0.15, -0.1) is 0 Å². The van der Waals surface area contributed by atoms with Crippen LogP contribution >= 0.6 is 11.8 Å². The molecule has 7 nitrogen and oxygen atoms in total. The summed E-state index contributed by atoms with van der Waals surface area (Å²) in [4.78, 5) is 26.8. The number of hydrazone groups is 1. The number of benzene rings is 3. The normalized spacial score (nSPS) is 13.7. The van der Waals surface area contributed by atoms with Gasteiger partial charge in [-0.3, -0.25) is 20.4 Å². The molecule has 3 aromatic rings. The average molecular weight is 444 g/mol. The molecule has 0 aliphatic carbocycles. The van der Waals surface area contributed by atoms with Gasteiger partial charge in [0.2, 0.25) is 5.91 Å². The van der Waals surface area contributed by atoms with E-state index in [2.05, 4.69) is 15.8 Å². The summed E-state index contributed by atoms with van der Waals surface area (Å²) in [7, 11) is 0. The molecule has 1 aliphatic heterocycles. The van der Waals surface area contributed by atoms with Crippen LogP contribution < -0.4 is 15.6 Å². The summed E-state index contributed by atoms with van der Waals surface area (Å²) in [5.74, 6) is -0.408. The second-order valence-corrected chi connectivity index (χ2v) is 7.98. The monoisotopic (exact) mass is 443 g/mol. The van der Waals surface area contributed by atoms with Gasteiger partial charge in [0.05, 0.1) is 18.0 Å². The Morgan fingerprint density at radius 1 is 0.938 bits per heavy atom. The van der Waals surface area contributed by atoms with Crippen LogP contribution in [0.2, 0.25) is 0 Å². The van der Waals surface area contributed by atoms with Gasteiger partial charge in [0.25, 0.3) is 5.91 Å². The number of nitrogens with zero attached hydrogens (tertiary/aromatic N) is 2. The van der Waals surface area contributed by atoms with Crippen molar-refractivity contribution in [2.45, 2.75) is 6.54 Å². The maximum atomic E-state index is 13.1. The number of fused-ring (bicyclic) bond motifs is 1. The van der Waals surface area contributed by atoms with Crippen LogP contribution in [0.3, 0.4) is 0 Å². The Bertz CT molecular complexity index is 1170. The predicted octanol–water partition coefficient (Wildman–Crippen LogP) is 3.83. The molecule has 1 aliphatic rings. The van der Waals surface area contributed by atoms with Crippen LogP contribution in [0.5, 0.6) is 0 Å². The standard InChI is InChI=1S/C24H21N5O2S/c25-24(32-16-21(30)26-18-11-5-2-6-12-18)28-27-22-19-13-7-8-14-20(19)29(23(22)31)15-17-9-3-1-4-10-17/h1-14H,15-16H2,(H2,25,28)(H,26,30)/b27-22+. The molecule has 0 bridgehead atoms. The van der Waals surface area contributed by atoms with Gasteiger partial charge in [-0.1, -0.05) is 78.5 Å². The van der Waals surface area contributed by atoms with Crippen molar-refractivity contribution in [2.75, 3.05) is 16.0 Å². The molecule has 0 unspecified atom stereocenters. The SMILES string of the molecule is N=C(N/N=C1/C(=O)N(Cc2ccccc2)c2ccccc21)SCC(=O)Nc1ccccc1. The number of amides is 2. The summed E-state index contributed by atoms with van der Waals surface area (Å²) in [6.45, 7) is 0.432. The number of carbonyl (C=O) groups is 2. The zero-order valence-electron chi connectivity index (χ0n) is 17.1. The number of hydrogen-bond donors (Lipinski definition) is 3. The van der Waals surface area contributed by atoms with E-state index in [1.54, 1.807) is 17.0 Å². The van der Waals surface area contributed by atoms with Gasteiger partial charge in [0.15, 0.2) is 10.9 Å². The lowest BCUT2D eigenvalue weighted by atomic mass is 10.1. The van der Waals surface area contributed by atoms with Crippen molar-refractivity contribution in [1.29, 1.82) is 5.41 Å². The molecule has 0 aromatic heterocycles. The van der Waals surface area contributed by atoms with Gasteiger partial charge in [0, 0.05) is 11.3 Å². The van der Waals surface area contributed by atoms with E-state index >= 15 is 0 Å². The Balaban J connectivity index is 1.39. The quantitative estimate of drug-likeness (QED) is 0.306. The minimum atomic E-state index is -0.234. The molecule has 3 aromatic carbocycles. The highest BCUT2D eigenvalue weighted by Crippen LogP contribution is 2.30. The molecule has 0 spiro atoms. The molecule has 0 atom stereocenters. The van der Waals surface area contributed by atoms with Crippen molar-refractivity contribution in [2.24, 2.45) is 5.10 Å². The maximum absolute atomic E-state index is 13.1. The van der Waals surface area contributed by atoms with Gasteiger partial charge < -0.3 is 10.2 Å². The van der Waals surface area contributed by atoms with E-state index in [4.69, 9.17) is 5.41 Å². The summed E-state index contributed by atoms with van der Waals surface area (Å²) in [5.41, 5.74) is 6.05. The molecule has 160 valence electrons. The van der Waals surface area contributed by atoms with Crippen LogP contribution in [0.4, 0.5) is 11.4 Å². The third kappa shape index (κ3) is 5.04. The average Bonchev–Trinajstić information content (AvgIpc) is 3.08. The van der Waals surface area contributed by atoms with Crippen LogP contribution in [0, 0.1) is 5.41 Å². The largest absolute Gasteiger partial charge is 0.325 e. The number of nitrogens with one attached hydrogen (secondary N) is 3. The second kappa shape index (κ2) is 9.93. The van der Waals surface area contributed by atoms with Gasteiger partial charge in [-0.2, -0.15) is 5.10 Å². The fourth-order valence-corrected chi connectivity index (χ4v) is 3.75. The number of thioether (sulfide) groups is 1. The van der Waals surface area contributed by atoms with E-state index in [1.807, 2.05) is 72.8 Å². The predicted molar refractivity (Wildman–Crippen MR) is 129 cm³/mol. The molecule has 3 N–H and O–H groups in total. The molecule has 0 fully saturated rings. The first-order chi connectivity index (χ1) is 15.6. The number of anilines is 2. The Kier molecular flexibility index (Phi) is 6.62. The minimum Gasteiger partial charge on any atom is -0.325 e. The van der Waals surface area contributed by atoms with Crippen molar-refractivity contribution in [3.05, 3.63) is 96.1 Å². The third-order valence-corrected chi connectivity index (χ3v) is 5.54. The van der Waals surface area contributed by atoms with Crippen LogP contribution in [-0.2, 0) is 16.1 Å². The number of carbonyl (C=O) groups excluding carboxylic acids is 2. The second-order valence-electron chi connectivity index (χ2n) is 7.00. The molecule has 2 amide bonds. The fraction of sp³-hybridized carbons (Fsp3) is 0.0833. The van der Waals surface area contributed by atoms with Crippen LogP contribution in [0.1, 0.15) is 11.1 Å². The van der Waals surface area contributed by atoms with Gasteiger partial charge in [-0.25, -0.2) is 0 Å². The zero-order chi connectivity index (χ0) is 22.3. The minimum absolute atomic E-state index is 0.0208. The molecule has 8 heteroatoms. The van der Waals surface area contributed by atoms with E-state index in [1.165, 1.54) is 0 Å².